The number of ether oxygens (including phenoxy) is 1. The number of para-hydroxylation sites is 2. The first-order valence-corrected chi connectivity index (χ1v) is 5.15. The van der Waals surface area contributed by atoms with Crippen molar-refractivity contribution >= 4 is 11.6 Å². The van der Waals surface area contributed by atoms with Crippen LogP contribution in [0.3, 0.4) is 0 Å². The van der Waals surface area contributed by atoms with Gasteiger partial charge in [-0.2, -0.15) is 5.10 Å². The highest BCUT2D eigenvalue weighted by Crippen LogP contribution is 2.31. The fraction of sp³-hybridized carbons (Fsp3) is 0.0909. The Morgan fingerprint density at radius 2 is 2.06 bits per heavy atom. The van der Waals surface area contributed by atoms with E-state index in [0.717, 1.165) is 4.68 Å². The van der Waals surface area contributed by atoms with Gasteiger partial charge in [0.2, 0.25) is 0 Å². The average molecular weight is 253 g/mol. The zero-order valence-electron chi connectivity index (χ0n) is 8.92. The molecule has 88 valence electrons. The zero-order valence-corrected chi connectivity index (χ0v) is 9.68. The Morgan fingerprint density at radius 3 is 2.76 bits per heavy atom. The van der Waals surface area contributed by atoms with Crippen LogP contribution in [0, 0.1) is 0 Å². The van der Waals surface area contributed by atoms with Gasteiger partial charge in [0.1, 0.15) is 0 Å². The second-order valence-corrected chi connectivity index (χ2v) is 3.70. The van der Waals surface area contributed by atoms with E-state index in [4.69, 9.17) is 16.3 Å². The number of aromatic nitrogens is 2. The lowest BCUT2D eigenvalue weighted by atomic mass is 10.3. The number of aromatic hydroxyl groups is 1. The molecule has 0 aliphatic heterocycles. The molecule has 0 saturated carbocycles. The summed E-state index contributed by atoms with van der Waals surface area (Å²) in [6.45, 7) is 0. The highest BCUT2D eigenvalue weighted by atomic mass is 35.5. The van der Waals surface area contributed by atoms with Crippen molar-refractivity contribution in [2.45, 2.75) is 0 Å². The van der Waals surface area contributed by atoms with E-state index in [2.05, 4.69) is 5.10 Å². The van der Waals surface area contributed by atoms with Gasteiger partial charge in [0.05, 0.1) is 6.20 Å². The SMILES string of the molecule is Cn1ncc(Oc2ccccc2O)c(Cl)c1=O. The Morgan fingerprint density at radius 1 is 1.35 bits per heavy atom. The van der Waals surface area contributed by atoms with Gasteiger partial charge in [-0.25, -0.2) is 4.68 Å². The number of phenols is 1. The molecule has 2 aromatic rings. The Hall–Kier alpha value is -2.01. The summed E-state index contributed by atoms with van der Waals surface area (Å²) in [6, 6.07) is 6.38. The molecule has 1 N–H and O–H groups in total. The number of nitrogens with zero attached hydrogens (tertiary/aromatic N) is 2. The molecule has 0 aliphatic carbocycles. The number of benzene rings is 1. The van der Waals surface area contributed by atoms with Crippen molar-refractivity contribution in [3.63, 3.8) is 0 Å². The van der Waals surface area contributed by atoms with Gasteiger partial charge in [-0.3, -0.25) is 4.79 Å². The number of hydrogen-bond acceptors (Lipinski definition) is 4. The normalized spacial score (nSPS) is 10.2. The van der Waals surface area contributed by atoms with Crippen LogP contribution in [0.1, 0.15) is 0 Å². The molecule has 1 heterocycles. The largest absolute Gasteiger partial charge is 0.504 e. The maximum absolute atomic E-state index is 11.5. The molecule has 0 bridgehead atoms. The van der Waals surface area contributed by atoms with E-state index in [1.807, 2.05) is 0 Å². The van der Waals surface area contributed by atoms with Gasteiger partial charge in [0.25, 0.3) is 5.56 Å². The van der Waals surface area contributed by atoms with Crippen LogP contribution >= 0.6 is 11.6 Å². The Labute approximate surface area is 102 Å². The number of aryl methyl sites for hydroxylation is 1. The zero-order chi connectivity index (χ0) is 12.4. The maximum Gasteiger partial charge on any atom is 0.289 e. The standard InChI is InChI=1S/C11H9ClN2O3/c1-14-11(16)10(12)9(6-13-14)17-8-5-3-2-4-7(8)15/h2-6,15H,1H3. The predicted octanol–water partition coefficient (Wildman–Crippen LogP) is 1.93. The van der Waals surface area contributed by atoms with Crippen LogP contribution in [0.15, 0.2) is 35.3 Å². The molecule has 0 radical (unpaired) electrons. The van der Waals surface area contributed by atoms with E-state index in [1.54, 1.807) is 18.2 Å². The third-order valence-corrected chi connectivity index (χ3v) is 2.48. The van der Waals surface area contributed by atoms with E-state index >= 15 is 0 Å². The summed E-state index contributed by atoms with van der Waals surface area (Å²) in [7, 11) is 1.48. The van der Waals surface area contributed by atoms with Crippen LogP contribution in [0.5, 0.6) is 17.2 Å². The van der Waals surface area contributed by atoms with Crippen LogP contribution in [0.25, 0.3) is 0 Å². The fourth-order valence-corrected chi connectivity index (χ4v) is 1.44. The third kappa shape index (κ3) is 2.24. The summed E-state index contributed by atoms with van der Waals surface area (Å²) >= 11 is 5.82. The highest BCUT2D eigenvalue weighted by Gasteiger charge is 2.11. The Kier molecular flexibility index (Phi) is 3.01. The average Bonchev–Trinajstić information content (AvgIpc) is 2.32. The van der Waals surface area contributed by atoms with E-state index in [0.29, 0.717) is 0 Å². The maximum atomic E-state index is 11.5. The third-order valence-electron chi connectivity index (χ3n) is 2.13. The minimum absolute atomic E-state index is 0.0377. The Balaban J connectivity index is 2.41. The minimum atomic E-state index is -0.459. The molecule has 0 unspecified atom stereocenters. The van der Waals surface area contributed by atoms with Gasteiger partial charge in [0, 0.05) is 7.05 Å². The molecule has 17 heavy (non-hydrogen) atoms. The van der Waals surface area contributed by atoms with Crippen molar-refractivity contribution in [1.82, 2.24) is 9.78 Å². The lowest BCUT2D eigenvalue weighted by Crippen LogP contribution is -2.19. The number of halogens is 1. The molecule has 0 aliphatic rings. The van der Waals surface area contributed by atoms with Gasteiger partial charge in [-0.05, 0) is 12.1 Å². The van der Waals surface area contributed by atoms with Crippen LogP contribution < -0.4 is 10.3 Å². The van der Waals surface area contributed by atoms with Crippen LogP contribution in [-0.2, 0) is 7.05 Å². The van der Waals surface area contributed by atoms with Crippen LogP contribution in [0.2, 0.25) is 5.02 Å². The second kappa shape index (κ2) is 4.47. The number of hydrogen-bond donors (Lipinski definition) is 1. The van der Waals surface area contributed by atoms with Crippen LogP contribution in [-0.4, -0.2) is 14.9 Å². The van der Waals surface area contributed by atoms with Gasteiger partial charge in [-0.1, -0.05) is 23.7 Å². The predicted molar refractivity (Wildman–Crippen MR) is 62.7 cm³/mol. The quantitative estimate of drug-likeness (QED) is 0.887. The van der Waals surface area contributed by atoms with Crippen molar-refractivity contribution in [1.29, 1.82) is 0 Å². The molecule has 1 aromatic heterocycles. The lowest BCUT2D eigenvalue weighted by molar-refractivity contribution is 0.408. The van der Waals surface area contributed by atoms with Gasteiger partial charge >= 0.3 is 0 Å². The molecular weight excluding hydrogens is 244 g/mol. The second-order valence-electron chi connectivity index (χ2n) is 3.32. The summed E-state index contributed by atoms with van der Waals surface area (Å²) in [5.41, 5.74) is -0.459. The van der Waals surface area contributed by atoms with Gasteiger partial charge in [-0.15, -0.1) is 0 Å². The van der Waals surface area contributed by atoms with Crippen molar-refractivity contribution in [2.24, 2.45) is 7.05 Å². The monoisotopic (exact) mass is 252 g/mol. The van der Waals surface area contributed by atoms with E-state index < -0.39 is 5.56 Å². The highest BCUT2D eigenvalue weighted by molar-refractivity contribution is 6.31. The molecular formula is C11H9ClN2O3. The lowest BCUT2D eigenvalue weighted by Gasteiger charge is -2.08. The molecule has 6 heteroatoms. The number of rotatable bonds is 2. The topological polar surface area (TPSA) is 64.3 Å². The summed E-state index contributed by atoms with van der Waals surface area (Å²) in [5.74, 6) is 0.282. The molecule has 0 fully saturated rings. The van der Waals surface area contributed by atoms with Crippen molar-refractivity contribution in [2.75, 3.05) is 0 Å². The molecule has 0 saturated heterocycles. The fourth-order valence-electron chi connectivity index (χ4n) is 1.23. The number of phenolic OH excluding ortho intramolecular Hbond substituents is 1. The molecule has 2 rings (SSSR count). The molecule has 0 amide bonds. The summed E-state index contributed by atoms with van der Waals surface area (Å²) in [6.07, 6.45) is 1.32. The van der Waals surface area contributed by atoms with Crippen molar-refractivity contribution < 1.29 is 9.84 Å². The minimum Gasteiger partial charge on any atom is -0.504 e. The summed E-state index contributed by atoms with van der Waals surface area (Å²) in [5, 5.41) is 13.2. The first-order valence-electron chi connectivity index (χ1n) is 4.77. The van der Waals surface area contributed by atoms with Gasteiger partial charge in [0.15, 0.2) is 22.3 Å². The van der Waals surface area contributed by atoms with Crippen molar-refractivity contribution in [3.8, 4) is 17.2 Å². The van der Waals surface area contributed by atoms with E-state index in [-0.39, 0.29) is 22.3 Å². The molecule has 0 atom stereocenters. The van der Waals surface area contributed by atoms with E-state index in [1.165, 1.54) is 19.3 Å². The van der Waals surface area contributed by atoms with Crippen molar-refractivity contribution in [3.05, 3.63) is 45.8 Å². The van der Waals surface area contributed by atoms with E-state index in [9.17, 15) is 9.90 Å². The first kappa shape index (κ1) is 11.5. The first-order chi connectivity index (χ1) is 8.09. The molecule has 0 spiro atoms. The molecule has 5 nitrogen and oxygen atoms in total. The smallest absolute Gasteiger partial charge is 0.289 e. The summed E-state index contributed by atoms with van der Waals surface area (Å²) < 4.78 is 6.42. The van der Waals surface area contributed by atoms with Gasteiger partial charge < -0.3 is 9.84 Å². The van der Waals surface area contributed by atoms with Crippen LogP contribution in [0.4, 0.5) is 0 Å². The molecule has 1 aromatic carbocycles. The summed E-state index contributed by atoms with van der Waals surface area (Å²) in [4.78, 5) is 11.5. The Bertz CT molecular complexity index is 610.